The fraction of sp³-hybridized carbons (Fsp3) is 0.400. The molecule has 0 aliphatic rings. The van der Waals surface area contributed by atoms with Gasteiger partial charge in [0, 0.05) is 37.5 Å². The molecule has 2 aromatic rings. The van der Waals surface area contributed by atoms with E-state index in [0.717, 1.165) is 29.8 Å². The van der Waals surface area contributed by atoms with Crippen LogP contribution in [0.5, 0.6) is 5.75 Å². The Hall–Kier alpha value is -1.81. The first kappa shape index (κ1) is 13.6. The highest BCUT2D eigenvalue weighted by atomic mass is 16.3. The normalized spacial score (nSPS) is 10.9. The average molecular weight is 259 g/mol. The standard InChI is InChI=1S/C15H21N3O/c1-4-14-13(10-18(3)17-14)9-16-8-12-7-5-6-11(2)15(12)19/h5-7,10,16,19H,4,8-9H2,1-3H3. The Kier molecular flexibility index (Phi) is 4.22. The molecule has 0 saturated carbocycles. The summed E-state index contributed by atoms with van der Waals surface area (Å²) in [5.41, 5.74) is 4.19. The molecule has 0 unspecified atom stereocenters. The number of aromatic nitrogens is 2. The summed E-state index contributed by atoms with van der Waals surface area (Å²) >= 11 is 0. The summed E-state index contributed by atoms with van der Waals surface area (Å²) in [6.07, 6.45) is 2.98. The largest absolute Gasteiger partial charge is 0.507 e. The fourth-order valence-corrected chi connectivity index (χ4v) is 2.22. The molecule has 2 N–H and O–H groups in total. The van der Waals surface area contributed by atoms with Crippen molar-refractivity contribution in [2.75, 3.05) is 0 Å². The van der Waals surface area contributed by atoms with Crippen molar-refractivity contribution in [3.8, 4) is 5.75 Å². The van der Waals surface area contributed by atoms with Gasteiger partial charge in [-0.15, -0.1) is 0 Å². The molecule has 0 aliphatic carbocycles. The highest BCUT2D eigenvalue weighted by Crippen LogP contribution is 2.21. The van der Waals surface area contributed by atoms with E-state index in [1.165, 1.54) is 5.56 Å². The molecule has 0 radical (unpaired) electrons. The number of aryl methyl sites for hydroxylation is 3. The minimum absolute atomic E-state index is 0.386. The Morgan fingerprint density at radius 3 is 2.74 bits per heavy atom. The lowest BCUT2D eigenvalue weighted by Crippen LogP contribution is -2.13. The summed E-state index contributed by atoms with van der Waals surface area (Å²) in [4.78, 5) is 0. The Morgan fingerprint density at radius 2 is 2.00 bits per heavy atom. The molecule has 102 valence electrons. The van der Waals surface area contributed by atoms with E-state index < -0.39 is 0 Å². The molecule has 0 atom stereocenters. The van der Waals surface area contributed by atoms with Gasteiger partial charge in [0.25, 0.3) is 0 Å². The van der Waals surface area contributed by atoms with E-state index in [1.54, 1.807) is 0 Å². The van der Waals surface area contributed by atoms with Crippen LogP contribution >= 0.6 is 0 Å². The molecular weight excluding hydrogens is 238 g/mol. The molecule has 4 heteroatoms. The zero-order valence-corrected chi connectivity index (χ0v) is 11.8. The second-order valence-electron chi connectivity index (χ2n) is 4.81. The first-order chi connectivity index (χ1) is 9.11. The summed E-state index contributed by atoms with van der Waals surface area (Å²) < 4.78 is 1.85. The number of phenols is 1. The molecule has 19 heavy (non-hydrogen) atoms. The molecule has 1 aromatic carbocycles. The highest BCUT2D eigenvalue weighted by Gasteiger charge is 2.07. The second-order valence-corrected chi connectivity index (χ2v) is 4.81. The van der Waals surface area contributed by atoms with Crippen LogP contribution in [0.3, 0.4) is 0 Å². The van der Waals surface area contributed by atoms with Crippen molar-refractivity contribution in [1.82, 2.24) is 15.1 Å². The van der Waals surface area contributed by atoms with E-state index in [2.05, 4.69) is 17.3 Å². The van der Waals surface area contributed by atoms with Crippen molar-refractivity contribution in [3.63, 3.8) is 0 Å². The monoisotopic (exact) mass is 259 g/mol. The van der Waals surface area contributed by atoms with E-state index in [-0.39, 0.29) is 0 Å². The number of nitrogens with zero attached hydrogens (tertiary/aromatic N) is 2. The van der Waals surface area contributed by atoms with Gasteiger partial charge in [-0.05, 0) is 18.9 Å². The van der Waals surface area contributed by atoms with Crippen LogP contribution in [0.15, 0.2) is 24.4 Å². The van der Waals surface area contributed by atoms with E-state index >= 15 is 0 Å². The molecule has 0 bridgehead atoms. The molecule has 1 aromatic heterocycles. The van der Waals surface area contributed by atoms with Gasteiger partial charge >= 0.3 is 0 Å². The molecule has 0 aliphatic heterocycles. The topological polar surface area (TPSA) is 50.1 Å². The van der Waals surface area contributed by atoms with Crippen molar-refractivity contribution in [3.05, 3.63) is 46.8 Å². The number of para-hydroxylation sites is 1. The lowest BCUT2D eigenvalue weighted by molar-refractivity contribution is 0.460. The third-order valence-corrected chi connectivity index (χ3v) is 3.28. The van der Waals surface area contributed by atoms with Gasteiger partial charge < -0.3 is 10.4 Å². The second kappa shape index (κ2) is 5.89. The Morgan fingerprint density at radius 1 is 1.26 bits per heavy atom. The number of aromatic hydroxyl groups is 1. The predicted molar refractivity (Wildman–Crippen MR) is 76.0 cm³/mol. The number of phenolic OH excluding ortho intramolecular Hbond substituents is 1. The molecule has 0 fully saturated rings. The van der Waals surface area contributed by atoms with Crippen LogP contribution in [-0.2, 0) is 26.6 Å². The smallest absolute Gasteiger partial charge is 0.122 e. The van der Waals surface area contributed by atoms with Gasteiger partial charge in [0.1, 0.15) is 5.75 Å². The Balaban J connectivity index is 1.98. The van der Waals surface area contributed by atoms with Gasteiger partial charge in [0.05, 0.1) is 5.69 Å². The summed E-state index contributed by atoms with van der Waals surface area (Å²) in [5, 5.41) is 17.7. The average Bonchev–Trinajstić information content (AvgIpc) is 2.75. The van der Waals surface area contributed by atoms with E-state index in [9.17, 15) is 5.11 Å². The maximum Gasteiger partial charge on any atom is 0.122 e. The van der Waals surface area contributed by atoms with Gasteiger partial charge in [0.2, 0.25) is 0 Å². The van der Waals surface area contributed by atoms with Gasteiger partial charge in [-0.1, -0.05) is 25.1 Å². The molecule has 1 heterocycles. The van der Waals surface area contributed by atoms with Gasteiger partial charge in [0.15, 0.2) is 0 Å². The van der Waals surface area contributed by atoms with E-state index in [4.69, 9.17) is 0 Å². The maximum absolute atomic E-state index is 9.94. The SMILES string of the molecule is CCc1nn(C)cc1CNCc1cccc(C)c1O. The van der Waals surface area contributed by atoms with E-state index in [0.29, 0.717) is 12.3 Å². The summed E-state index contributed by atoms with van der Waals surface area (Å²) in [5.74, 6) is 0.386. The van der Waals surface area contributed by atoms with Crippen LogP contribution in [0.2, 0.25) is 0 Å². The predicted octanol–water partition coefficient (Wildman–Crippen LogP) is 2.29. The molecule has 0 spiro atoms. The lowest BCUT2D eigenvalue weighted by atomic mass is 10.1. The first-order valence-electron chi connectivity index (χ1n) is 6.61. The van der Waals surface area contributed by atoms with Crippen LogP contribution in [-0.4, -0.2) is 14.9 Å². The van der Waals surface area contributed by atoms with Crippen LogP contribution in [0, 0.1) is 6.92 Å². The van der Waals surface area contributed by atoms with Crippen molar-refractivity contribution >= 4 is 0 Å². The van der Waals surface area contributed by atoms with Crippen LogP contribution in [0.1, 0.15) is 29.3 Å². The molecule has 0 amide bonds. The lowest BCUT2D eigenvalue weighted by Gasteiger charge is -2.08. The zero-order valence-electron chi connectivity index (χ0n) is 11.8. The van der Waals surface area contributed by atoms with Crippen LogP contribution in [0.25, 0.3) is 0 Å². The number of rotatable bonds is 5. The van der Waals surface area contributed by atoms with Crippen molar-refractivity contribution in [2.45, 2.75) is 33.4 Å². The summed E-state index contributed by atoms with van der Waals surface area (Å²) in [6.45, 7) is 5.45. The van der Waals surface area contributed by atoms with Gasteiger partial charge in [-0.25, -0.2) is 0 Å². The quantitative estimate of drug-likeness (QED) is 0.866. The van der Waals surface area contributed by atoms with Crippen molar-refractivity contribution < 1.29 is 5.11 Å². The first-order valence-corrected chi connectivity index (χ1v) is 6.61. The van der Waals surface area contributed by atoms with Crippen LogP contribution in [0.4, 0.5) is 0 Å². The van der Waals surface area contributed by atoms with Crippen molar-refractivity contribution in [2.24, 2.45) is 7.05 Å². The zero-order chi connectivity index (χ0) is 13.8. The van der Waals surface area contributed by atoms with E-state index in [1.807, 2.05) is 43.0 Å². The fourth-order valence-electron chi connectivity index (χ4n) is 2.22. The van der Waals surface area contributed by atoms with Gasteiger partial charge in [-0.3, -0.25) is 4.68 Å². The number of hydrogen-bond donors (Lipinski definition) is 2. The Labute approximate surface area is 114 Å². The number of nitrogens with one attached hydrogen (secondary N) is 1. The van der Waals surface area contributed by atoms with Crippen molar-refractivity contribution in [1.29, 1.82) is 0 Å². The minimum Gasteiger partial charge on any atom is -0.507 e. The molecule has 4 nitrogen and oxygen atoms in total. The molecule has 0 saturated heterocycles. The molecular formula is C15H21N3O. The summed E-state index contributed by atoms with van der Waals surface area (Å²) in [7, 11) is 1.94. The third-order valence-electron chi connectivity index (χ3n) is 3.28. The Bertz CT molecular complexity index is 561. The van der Waals surface area contributed by atoms with Crippen LogP contribution < -0.4 is 5.32 Å². The summed E-state index contributed by atoms with van der Waals surface area (Å²) in [6, 6.07) is 5.82. The minimum atomic E-state index is 0.386. The highest BCUT2D eigenvalue weighted by molar-refractivity contribution is 5.39. The van der Waals surface area contributed by atoms with Gasteiger partial charge in [-0.2, -0.15) is 5.10 Å². The molecule has 2 rings (SSSR count). The number of hydrogen-bond acceptors (Lipinski definition) is 3. The number of benzene rings is 1. The maximum atomic E-state index is 9.94. The third kappa shape index (κ3) is 3.15.